The number of anilines is 1. The van der Waals surface area contributed by atoms with Crippen LogP contribution in [0, 0.1) is 0 Å². The van der Waals surface area contributed by atoms with Crippen molar-refractivity contribution in [1.82, 2.24) is 10.9 Å². The summed E-state index contributed by atoms with van der Waals surface area (Å²) in [7, 11) is -3.34. The van der Waals surface area contributed by atoms with Gasteiger partial charge in [0.2, 0.25) is 10.0 Å². The summed E-state index contributed by atoms with van der Waals surface area (Å²) in [4.78, 5) is 23.6. The molecular formula is C17H16ClN3O4S. The predicted octanol–water partition coefficient (Wildman–Crippen LogP) is 2.19. The summed E-state index contributed by atoms with van der Waals surface area (Å²) in [5, 5.41) is 0.415. The van der Waals surface area contributed by atoms with Gasteiger partial charge in [0, 0.05) is 22.3 Å². The van der Waals surface area contributed by atoms with E-state index in [9.17, 15) is 18.0 Å². The third-order valence-electron chi connectivity index (χ3n) is 3.03. The number of nitrogens with one attached hydrogen (secondary N) is 3. The third-order valence-corrected chi connectivity index (χ3v) is 3.87. The molecule has 2 amide bonds. The largest absolute Gasteiger partial charge is 0.284 e. The number of hydrogen-bond acceptors (Lipinski definition) is 4. The van der Waals surface area contributed by atoms with Crippen molar-refractivity contribution in [1.29, 1.82) is 0 Å². The molecule has 26 heavy (non-hydrogen) atoms. The van der Waals surface area contributed by atoms with Crippen LogP contribution in [-0.4, -0.2) is 26.5 Å². The van der Waals surface area contributed by atoms with Crippen molar-refractivity contribution in [2.45, 2.75) is 0 Å². The van der Waals surface area contributed by atoms with E-state index in [-0.39, 0.29) is 0 Å². The molecule has 0 saturated heterocycles. The minimum atomic E-state index is -3.34. The quantitative estimate of drug-likeness (QED) is 0.535. The molecule has 0 bridgehead atoms. The number of carbonyl (C=O) groups excluding carboxylic acids is 2. The molecule has 0 unspecified atom stereocenters. The van der Waals surface area contributed by atoms with Crippen LogP contribution in [0.15, 0.2) is 54.6 Å². The van der Waals surface area contributed by atoms with Crippen LogP contribution in [0.4, 0.5) is 5.69 Å². The number of sulfonamides is 1. The second-order valence-corrected chi connectivity index (χ2v) is 7.47. The zero-order valence-corrected chi connectivity index (χ0v) is 15.3. The first-order valence-electron chi connectivity index (χ1n) is 7.35. The third kappa shape index (κ3) is 6.58. The van der Waals surface area contributed by atoms with E-state index in [0.29, 0.717) is 21.8 Å². The first-order valence-corrected chi connectivity index (χ1v) is 9.62. The summed E-state index contributed by atoms with van der Waals surface area (Å²) < 4.78 is 24.6. The maximum atomic E-state index is 11.9. The molecule has 0 aromatic heterocycles. The lowest BCUT2D eigenvalue weighted by Crippen LogP contribution is -2.40. The fourth-order valence-corrected chi connectivity index (χ4v) is 2.66. The van der Waals surface area contributed by atoms with Gasteiger partial charge in [0.15, 0.2) is 0 Å². The Kier molecular flexibility index (Phi) is 6.37. The van der Waals surface area contributed by atoms with Gasteiger partial charge in [-0.1, -0.05) is 29.8 Å². The average Bonchev–Trinajstić information content (AvgIpc) is 2.57. The Labute approximate surface area is 156 Å². The van der Waals surface area contributed by atoms with E-state index in [2.05, 4.69) is 15.6 Å². The van der Waals surface area contributed by atoms with Gasteiger partial charge in [-0.15, -0.1) is 0 Å². The van der Waals surface area contributed by atoms with Crippen LogP contribution in [0.5, 0.6) is 0 Å². The number of carbonyl (C=O) groups is 2. The highest BCUT2D eigenvalue weighted by atomic mass is 35.5. The van der Waals surface area contributed by atoms with Crippen LogP contribution in [-0.2, 0) is 14.8 Å². The maximum absolute atomic E-state index is 11.9. The number of hydrazine groups is 1. The van der Waals surface area contributed by atoms with Crippen LogP contribution in [0.1, 0.15) is 15.9 Å². The van der Waals surface area contributed by atoms with Gasteiger partial charge in [0.25, 0.3) is 11.8 Å². The van der Waals surface area contributed by atoms with Crippen LogP contribution in [0.25, 0.3) is 6.08 Å². The molecule has 2 aromatic carbocycles. The van der Waals surface area contributed by atoms with E-state index < -0.39 is 21.8 Å². The van der Waals surface area contributed by atoms with Crippen molar-refractivity contribution in [3.8, 4) is 0 Å². The second kappa shape index (κ2) is 8.50. The Bertz CT molecular complexity index is 941. The van der Waals surface area contributed by atoms with E-state index >= 15 is 0 Å². The zero-order chi connectivity index (χ0) is 19.2. The van der Waals surface area contributed by atoms with Gasteiger partial charge < -0.3 is 0 Å². The topological polar surface area (TPSA) is 104 Å². The molecule has 2 aromatic rings. The molecule has 136 valence electrons. The summed E-state index contributed by atoms with van der Waals surface area (Å²) >= 11 is 5.80. The average molecular weight is 394 g/mol. The first-order chi connectivity index (χ1) is 12.2. The molecule has 0 radical (unpaired) electrons. The Morgan fingerprint density at radius 1 is 1.04 bits per heavy atom. The van der Waals surface area contributed by atoms with Gasteiger partial charge in [0.1, 0.15) is 0 Å². The Morgan fingerprint density at radius 3 is 2.35 bits per heavy atom. The zero-order valence-electron chi connectivity index (χ0n) is 13.7. The van der Waals surface area contributed by atoms with E-state index in [4.69, 9.17) is 11.6 Å². The molecule has 3 N–H and O–H groups in total. The van der Waals surface area contributed by atoms with Gasteiger partial charge in [0.05, 0.1) is 6.26 Å². The molecule has 0 aliphatic heterocycles. The summed E-state index contributed by atoms with van der Waals surface area (Å²) in [6, 6.07) is 12.7. The van der Waals surface area contributed by atoms with Crippen molar-refractivity contribution >= 4 is 45.2 Å². The van der Waals surface area contributed by atoms with E-state index in [1.165, 1.54) is 18.2 Å². The second-order valence-electron chi connectivity index (χ2n) is 5.28. The number of amides is 2. The molecule has 0 saturated carbocycles. The Hall–Kier alpha value is -2.84. The van der Waals surface area contributed by atoms with Crippen molar-refractivity contribution in [2.24, 2.45) is 0 Å². The predicted molar refractivity (Wildman–Crippen MR) is 101 cm³/mol. The van der Waals surface area contributed by atoms with Crippen molar-refractivity contribution in [3.63, 3.8) is 0 Å². The summed E-state index contributed by atoms with van der Waals surface area (Å²) in [5.41, 5.74) is 5.94. The van der Waals surface area contributed by atoms with Crippen LogP contribution in [0.2, 0.25) is 5.02 Å². The fourth-order valence-electron chi connectivity index (χ4n) is 1.91. The van der Waals surface area contributed by atoms with Gasteiger partial charge in [-0.3, -0.25) is 25.2 Å². The normalized spacial score (nSPS) is 11.2. The van der Waals surface area contributed by atoms with Crippen molar-refractivity contribution in [2.75, 3.05) is 11.0 Å². The lowest BCUT2D eigenvalue weighted by atomic mass is 10.2. The van der Waals surface area contributed by atoms with Crippen molar-refractivity contribution in [3.05, 3.63) is 70.8 Å². The number of halogens is 1. The van der Waals surface area contributed by atoms with E-state index in [0.717, 1.165) is 6.26 Å². The SMILES string of the molecule is CS(=O)(=O)Nc1ccc(/C=C/C(=O)NNC(=O)c2cccc(Cl)c2)cc1. The number of benzene rings is 2. The molecule has 0 fully saturated rings. The lowest BCUT2D eigenvalue weighted by molar-refractivity contribution is -0.117. The smallest absolute Gasteiger partial charge is 0.269 e. The minimum absolute atomic E-state index is 0.316. The molecule has 0 aliphatic carbocycles. The van der Waals surface area contributed by atoms with Crippen LogP contribution in [0.3, 0.4) is 0 Å². The van der Waals surface area contributed by atoms with Gasteiger partial charge in [-0.2, -0.15) is 0 Å². The summed E-state index contributed by atoms with van der Waals surface area (Å²) in [6.45, 7) is 0. The monoisotopic (exact) mass is 393 g/mol. The molecule has 0 atom stereocenters. The van der Waals surface area contributed by atoms with Gasteiger partial charge in [-0.05, 0) is 42.0 Å². The Balaban J connectivity index is 1.88. The highest BCUT2D eigenvalue weighted by Gasteiger charge is 2.06. The molecule has 0 aliphatic rings. The van der Waals surface area contributed by atoms with Crippen molar-refractivity contribution < 1.29 is 18.0 Å². The van der Waals surface area contributed by atoms with E-state index in [1.54, 1.807) is 42.5 Å². The highest BCUT2D eigenvalue weighted by Crippen LogP contribution is 2.12. The summed E-state index contributed by atoms with van der Waals surface area (Å²) in [5.74, 6) is -1.02. The molecular weight excluding hydrogens is 378 g/mol. The number of rotatable bonds is 5. The lowest BCUT2D eigenvalue weighted by Gasteiger charge is -2.05. The van der Waals surface area contributed by atoms with E-state index in [1.807, 2.05) is 0 Å². The summed E-state index contributed by atoms with van der Waals surface area (Å²) in [6.07, 6.45) is 3.81. The van der Waals surface area contributed by atoms with Gasteiger partial charge >= 0.3 is 0 Å². The fraction of sp³-hybridized carbons (Fsp3) is 0.0588. The van der Waals surface area contributed by atoms with Crippen LogP contribution < -0.4 is 15.6 Å². The highest BCUT2D eigenvalue weighted by molar-refractivity contribution is 7.92. The maximum Gasteiger partial charge on any atom is 0.269 e. The standard InChI is InChI=1S/C17H16ClN3O4S/c1-26(24,25)21-15-8-5-12(6-9-15)7-10-16(22)19-20-17(23)13-3-2-4-14(18)11-13/h2-11,21H,1H3,(H,19,22)(H,20,23)/b10-7+. The van der Waals surface area contributed by atoms with Gasteiger partial charge in [-0.25, -0.2) is 8.42 Å². The molecule has 0 spiro atoms. The minimum Gasteiger partial charge on any atom is -0.284 e. The Morgan fingerprint density at radius 2 is 1.73 bits per heavy atom. The molecule has 7 nitrogen and oxygen atoms in total. The molecule has 2 rings (SSSR count). The first kappa shape index (κ1) is 19.5. The molecule has 0 heterocycles. The van der Waals surface area contributed by atoms with Crippen LogP contribution >= 0.6 is 11.6 Å². The number of hydrogen-bond donors (Lipinski definition) is 3. The molecule has 9 heteroatoms.